The van der Waals surface area contributed by atoms with Crippen LogP contribution in [0.1, 0.15) is 62.9 Å². The molecular weight excluding hydrogens is 636 g/mol. The number of hydrogen-bond acceptors (Lipinski definition) is 6. The van der Waals surface area contributed by atoms with Gasteiger partial charge < -0.3 is 15.7 Å². The Morgan fingerprint density at radius 1 is 1.05 bits per heavy atom. The van der Waals surface area contributed by atoms with Crippen molar-refractivity contribution in [3.8, 4) is 6.07 Å². The first kappa shape index (κ1) is 30.5. The second-order valence-corrected chi connectivity index (χ2v) is 12.7. The molecule has 0 aliphatic heterocycles. The van der Waals surface area contributed by atoms with Gasteiger partial charge in [-0.05, 0) is 55.9 Å². The maximum absolute atomic E-state index is 13.2. The van der Waals surface area contributed by atoms with Crippen LogP contribution in [0.2, 0.25) is 20.1 Å². The number of carbonyl (C=O) groups is 3. The largest absolute Gasteiger partial charge is 0.478 e. The zero-order chi connectivity index (χ0) is 29.1. The molecule has 0 saturated carbocycles. The summed E-state index contributed by atoms with van der Waals surface area (Å²) in [6.07, 6.45) is 4.40. The van der Waals surface area contributed by atoms with Gasteiger partial charge in [0.2, 0.25) is 5.91 Å². The van der Waals surface area contributed by atoms with Gasteiger partial charge in [0.05, 0.1) is 42.0 Å². The Balaban J connectivity index is 1.53. The number of nitrogens with one attached hydrogen (secondary N) is 2. The van der Waals surface area contributed by atoms with Gasteiger partial charge in [-0.1, -0.05) is 59.4 Å². The van der Waals surface area contributed by atoms with Gasteiger partial charge in [0, 0.05) is 15.5 Å². The summed E-state index contributed by atoms with van der Waals surface area (Å²) >= 11 is 27.1. The summed E-state index contributed by atoms with van der Waals surface area (Å²) < 4.78 is 0. The maximum Gasteiger partial charge on any atom is 0.338 e. The molecule has 0 saturated heterocycles. The summed E-state index contributed by atoms with van der Waals surface area (Å²) in [6, 6.07) is 8.98. The van der Waals surface area contributed by atoms with E-state index in [1.54, 1.807) is 24.3 Å². The topological polar surface area (TPSA) is 119 Å². The summed E-state index contributed by atoms with van der Waals surface area (Å²) in [4.78, 5) is 40.0. The number of carboxylic acid groups (broad SMARTS) is 1. The van der Waals surface area contributed by atoms with Gasteiger partial charge in [-0.3, -0.25) is 9.59 Å². The SMILES string of the molecule is CCC(Sc1cccc(NC(=O)c2c(Cl)c(Cl)c(Cl)c(Cl)c2C(=O)O)c1)C(=O)Nc1sc2c(c1C#N)CCCC2. The third-order valence-electron chi connectivity index (χ3n) is 6.26. The van der Waals surface area contributed by atoms with Crippen LogP contribution >= 0.6 is 69.5 Å². The number of aryl methyl sites for hydroxylation is 1. The van der Waals surface area contributed by atoms with Crippen molar-refractivity contribution in [2.24, 2.45) is 0 Å². The van der Waals surface area contributed by atoms with Crippen LogP contribution in [0.15, 0.2) is 29.2 Å². The Bertz CT molecular complexity index is 1570. The summed E-state index contributed by atoms with van der Waals surface area (Å²) in [5, 5.41) is 23.8. The van der Waals surface area contributed by atoms with Gasteiger partial charge in [0.15, 0.2) is 0 Å². The van der Waals surface area contributed by atoms with Crippen molar-refractivity contribution in [2.75, 3.05) is 10.6 Å². The number of benzene rings is 2. The number of carboxylic acids is 1. The Labute approximate surface area is 258 Å². The molecule has 1 aromatic heterocycles. The number of thioether (sulfide) groups is 1. The van der Waals surface area contributed by atoms with Crippen molar-refractivity contribution >= 4 is 98.0 Å². The molecule has 0 spiro atoms. The van der Waals surface area contributed by atoms with E-state index in [0.29, 0.717) is 27.6 Å². The van der Waals surface area contributed by atoms with E-state index >= 15 is 0 Å². The summed E-state index contributed by atoms with van der Waals surface area (Å²) in [5.74, 6) is -2.57. The van der Waals surface area contributed by atoms with Gasteiger partial charge in [0.25, 0.3) is 5.91 Å². The molecule has 1 heterocycles. The van der Waals surface area contributed by atoms with Gasteiger partial charge in [-0.15, -0.1) is 23.1 Å². The van der Waals surface area contributed by atoms with Crippen LogP contribution in [0, 0.1) is 11.3 Å². The number of nitrogens with zero attached hydrogens (tertiary/aromatic N) is 1. The molecule has 4 rings (SSSR count). The number of aromatic carboxylic acids is 1. The summed E-state index contributed by atoms with van der Waals surface area (Å²) in [5.41, 5.74) is 0.938. The van der Waals surface area contributed by atoms with Crippen molar-refractivity contribution in [3.63, 3.8) is 0 Å². The molecule has 0 radical (unpaired) electrons. The lowest BCUT2D eigenvalue weighted by atomic mass is 9.96. The maximum atomic E-state index is 13.2. The number of nitriles is 1. The van der Waals surface area contributed by atoms with Gasteiger partial charge in [-0.2, -0.15) is 5.26 Å². The van der Waals surface area contributed by atoms with Crippen LogP contribution in [-0.4, -0.2) is 28.1 Å². The number of rotatable bonds is 8. The molecule has 13 heteroatoms. The minimum Gasteiger partial charge on any atom is -0.478 e. The number of hydrogen-bond donors (Lipinski definition) is 3. The average Bonchev–Trinajstić information content (AvgIpc) is 3.28. The Kier molecular flexibility index (Phi) is 9.93. The van der Waals surface area contributed by atoms with E-state index < -0.39 is 33.3 Å². The van der Waals surface area contributed by atoms with Crippen molar-refractivity contribution in [1.29, 1.82) is 5.26 Å². The van der Waals surface area contributed by atoms with Gasteiger partial charge >= 0.3 is 5.97 Å². The first-order chi connectivity index (χ1) is 19.1. The van der Waals surface area contributed by atoms with E-state index in [4.69, 9.17) is 46.4 Å². The first-order valence-corrected chi connectivity index (χ1v) is 15.3. The van der Waals surface area contributed by atoms with Crippen LogP contribution < -0.4 is 10.6 Å². The smallest absolute Gasteiger partial charge is 0.338 e. The van der Waals surface area contributed by atoms with Crippen LogP contribution in [0.3, 0.4) is 0 Å². The molecule has 0 bridgehead atoms. The molecule has 3 N–H and O–H groups in total. The quantitative estimate of drug-likeness (QED) is 0.127. The number of carbonyl (C=O) groups excluding carboxylic acids is 2. The van der Waals surface area contributed by atoms with Crippen molar-refractivity contribution in [2.45, 2.75) is 49.2 Å². The van der Waals surface area contributed by atoms with E-state index in [1.165, 1.54) is 23.1 Å². The number of fused-ring (bicyclic) bond motifs is 1. The fourth-order valence-corrected chi connectivity index (χ4v) is 7.61. The number of anilines is 2. The van der Waals surface area contributed by atoms with Crippen LogP contribution in [0.25, 0.3) is 0 Å². The van der Waals surface area contributed by atoms with Crippen molar-refractivity contribution < 1.29 is 19.5 Å². The van der Waals surface area contributed by atoms with Crippen molar-refractivity contribution in [1.82, 2.24) is 0 Å². The molecule has 3 aromatic rings. The molecule has 1 unspecified atom stereocenters. The highest BCUT2D eigenvalue weighted by molar-refractivity contribution is 8.00. The van der Waals surface area contributed by atoms with E-state index in [1.807, 2.05) is 6.92 Å². The Morgan fingerprint density at radius 3 is 2.38 bits per heavy atom. The molecular formula is C27H21Cl4N3O4S2. The third kappa shape index (κ3) is 6.23. The third-order valence-corrected chi connectivity index (χ3v) is 10.6. The fraction of sp³-hybridized carbons (Fsp3) is 0.259. The molecule has 1 aliphatic rings. The molecule has 2 aromatic carbocycles. The monoisotopic (exact) mass is 655 g/mol. The highest BCUT2D eigenvalue weighted by atomic mass is 35.5. The summed E-state index contributed by atoms with van der Waals surface area (Å²) in [7, 11) is 0. The molecule has 0 fully saturated rings. The highest BCUT2D eigenvalue weighted by Gasteiger charge is 2.29. The Morgan fingerprint density at radius 2 is 1.73 bits per heavy atom. The zero-order valence-corrected chi connectivity index (χ0v) is 25.5. The van der Waals surface area contributed by atoms with E-state index in [9.17, 15) is 24.8 Å². The predicted octanol–water partition coefficient (Wildman–Crippen LogP) is 8.57. The number of amides is 2. The second-order valence-electron chi connectivity index (χ2n) is 8.82. The summed E-state index contributed by atoms with van der Waals surface area (Å²) in [6.45, 7) is 1.89. The molecule has 7 nitrogen and oxygen atoms in total. The van der Waals surface area contributed by atoms with Gasteiger partial charge in [0.1, 0.15) is 11.1 Å². The number of halogens is 4. The Hall–Kier alpha value is -2.45. The average molecular weight is 657 g/mol. The molecule has 40 heavy (non-hydrogen) atoms. The minimum absolute atomic E-state index is 0.222. The first-order valence-electron chi connectivity index (χ1n) is 12.1. The minimum atomic E-state index is -1.50. The lowest BCUT2D eigenvalue weighted by molar-refractivity contribution is -0.115. The lowest BCUT2D eigenvalue weighted by Crippen LogP contribution is -2.24. The lowest BCUT2D eigenvalue weighted by Gasteiger charge is -2.16. The number of thiophene rings is 1. The van der Waals surface area contributed by atoms with Crippen LogP contribution in [-0.2, 0) is 17.6 Å². The van der Waals surface area contributed by atoms with Crippen LogP contribution in [0.4, 0.5) is 10.7 Å². The molecule has 1 aliphatic carbocycles. The standard InChI is InChI=1S/C27H21Cl4N3O4S2/c1-2-16(24(35)34-26-15(11-32)14-8-3-4-9-17(14)40-26)39-13-7-5-6-12(10-13)33-25(36)18-19(27(37)38)21(29)23(31)22(30)20(18)28/h5-7,10,16H,2-4,8-9H2,1H3,(H,33,36)(H,34,35)(H,37,38). The fourth-order valence-electron chi connectivity index (χ4n) is 4.34. The zero-order valence-electron chi connectivity index (χ0n) is 20.9. The molecule has 1 atom stereocenters. The van der Waals surface area contributed by atoms with Gasteiger partial charge in [-0.25, -0.2) is 4.79 Å². The second kappa shape index (κ2) is 13.0. The molecule has 208 valence electrons. The normalized spacial score (nSPS) is 13.2. The van der Waals surface area contributed by atoms with E-state index in [0.717, 1.165) is 36.1 Å². The highest BCUT2D eigenvalue weighted by Crippen LogP contribution is 2.42. The van der Waals surface area contributed by atoms with E-state index in [-0.39, 0.29) is 21.0 Å². The molecule has 2 amide bonds. The van der Waals surface area contributed by atoms with Crippen LogP contribution in [0.5, 0.6) is 0 Å². The van der Waals surface area contributed by atoms with Crippen molar-refractivity contribution in [3.05, 3.63) is 71.5 Å². The predicted molar refractivity (Wildman–Crippen MR) is 162 cm³/mol. The van der Waals surface area contributed by atoms with E-state index in [2.05, 4.69) is 16.7 Å².